The molecule has 2 aromatic rings. The first-order valence-electron chi connectivity index (χ1n) is 13.2. The molecule has 246 valence electrons. The summed E-state index contributed by atoms with van der Waals surface area (Å²) in [7, 11) is 0. The Morgan fingerprint density at radius 2 is 1.13 bits per heavy atom. The van der Waals surface area contributed by atoms with Crippen molar-refractivity contribution in [3.63, 3.8) is 0 Å². The number of hydrogen-bond donors (Lipinski definition) is 3. The van der Waals surface area contributed by atoms with Crippen LogP contribution < -0.4 is 11.5 Å². The molecule has 2 heterocycles. The molecule has 0 aliphatic carbocycles. The van der Waals surface area contributed by atoms with E-state index in [1.54, 1.807) is 0 Å². The third-order valence-corrected chi connectivity index (χ3v) is 7.40. The summed E-state index contributed by atoms with van der Waals surface area (Å²) in [6.07, 6.45) is 1.35. The number of amidine groups is 2. The van der Waals surface area contributed by atoms with Gasteiger partial charge in [0.2, 0.25) is 0 Å². The SMILES string of the molecule is N/C(=N/OC(=O)CCl)[C@@H]1CO[C@@H](c2ccc(Cl)cc2)C1.N/C(=N\O)[C@@H]1CO[C@@H](c2ccc(Cl)cc2)C1.O=C(CCl)OC(=O)CCl. The zero-order chi connectivity index (χ0) is 33.4. The smallest absolute Gasteiger partial charge is 0.349 e. The normalized spacial score (nSPS) is 21.1. The molecule has 0 saturated carbocycles. The molecule has 0 aromatic heterocycles. The Labute approximate surface area is 284 Å². The fraction of sp³-hybridized carbons (Fsp3) is 0.393. The van der Waals surface area contributed by atoms with Crippen molar-refractivity contribution in [3.05, 3.63) is 69.7 Å². The van der Waals surface area contributed by atoms with Crippen LogP contribution in [0, 0.1) is 11.8 Å². The van der Waals surface area contributed by atoms with Crippen LogP contribution in [0.15, 0.2) is 58.8 Å². The van der Waals surface area contributed by atoms with E-state index in [0.29, 0.717) is 29.7 Å². The highest BCUT2D eigenvalue weighted by Crippen LogP contribution is 2.34. The van der Waals surface area contributed by atoms with Gasteiger partial charge < -0.3 is 35.7 Å². The molecule has 2 aliphatic heterocycles. The lowest BCUT2D eigenvalue weighted by Gasteiger charge is -2.09. The van der Waals surface area contributed by atoms with Crippen molar-refractivity contribution in [2.75, 3.05) is 30.9 Å². The Hall–Kier alpha value is -2.84. The van der Waals surface area contributed by atoms with Gasteiger partial charge in [-0.2, -0.15) is 0 Å². The lowest BCUT2D eigenvalue weighted by molar-refractivity contribution is -0.155. The van der Waals surface area contributed by atoms with Gasteiger partial charge in [0.1, 0.15) is 29.3 Å². The molecule has 17 heteroatoms. The van der Waals surface area contributed by atoms with Crippen LogP contribution >= 0.6 is 58.0 Å². The minimum absolute atomic E-state index is 0.00238. The van der Waals surface area contributed by atoms with Gasteiger partial charge >= 0.3 is 17.9 Å². The van der Waals surface area contributed by atoms with Gasteiger partial charge in [0.15, 0.2) is 0 Å². The molecule has 2 aromatic carbocycles. The van der Waals surface area contributed by atoms with Crippen LogP contribution in [-0.4, -0.2) is 65.6 Å². The topological polar surface area (TPSA) is 185 Å². The van der Waals surface area contributed by atoms with E-state index in [1.807, 2.05) is 48.5 Å². The first-order chi connectivity index (χ1) is 21.5. The highest BCUT2D eigenvalue weighted by atomic mass is 35.5. The number of benzene rings is 2. The summed E-state index contributed by atoms with van der Waals surface area (Å²) < 4.78 is 15.3. The quantitative estimate of drug-likeness (QED) is 0.0479. The molecule has 0 bridgehead atoms. The van der Waals surface area contributed by atoms with Gasteiger partial charge in [-0.1, -0.05) is 57.8 Å². The second-order valence-electron chi connectivity index (χ2n) is 9.36. The van der Waals surface area contributed by atoms with Gasteiger partial charge in [-0.05, 0) is 48.2 Å². The molecule has 12 nitrogen and oxygen atoms in total. The number of carbonyl (C=O) groups is 3. The lowest BCUT2D eigenvalue weighted by Crippen LogP contribution is -2.24. The van der Waals surface area contributed by atoms with Crippen molar-refractivity contribution < 1.29 is 38.6 Å². The third kappa shape index (κ3) is 13.6. The van der Waals surface area contributed by atoms with Crippen molar-refractivity contribution >= 4 is 87.6 Å². The summed E-state index contributed by atoms with van der Waals surface area (Å²) in [5.41, 5.74) is 13.4. The van der Waals surface area contributed by atoms with E-state index in [1.165, 1.54) is 0 Å². The second kappa shape index (κ2) is 20.3. The summed E-state index contributed by atoms with van der Waals surface area (Å²) in [5, 5.41) is 16.5. The van der Waals surface area contributed by atoms with Gasteiger partial charge in [-0.15, -0.1) is 34.8 Å². The number of esters is 2. The van der Waals surface area contributed by atoms with Crippen molar-refractivity contribution in [1.29, 1.82) is 0 Å². The van der Waals surface area contributed by atoms with Crippen molar-refractivity contribution in [2.45, 2.75) is 25.0 Å². The minimum Gasteiger partial charge on any atom is -0.409 e. The zero-order valence-electron chi connectivity index (χ0n) is 23.6. The Bertz CT molecular complexity index is 1300. The van der Waals surface area contributed by atoms with Crippen molar-refractivity contribution in [1.82, 2.24) is 0 Å². The number of nitrogens with zero attached hydrogens (tertiary/aromatic N) is 2. The number of rotatable bonds is 8. The largest absolute Gasteiger partial charge is 0.409 e. The lowest BCUT2D eigenvalue weighted by atomic mass is 10.00. The fourth-order valence-electron chi connectivity index (χ4n) is 3.95. The Morgan fingerprint density at radius 3 is 1.51 bits per heavy atom. The molecule has 0 amide bonds. The summed E-state index contributed by atoms with van der Waals surface area (Å²) >= 11 is 26.9. The number of oxime groups is 2. The standard InChI is InChI=1S/C13H14Cl2N2O3.C11H13ClN2O2.C4H4Cl2O3/c14-6-12(18)20-17-13(16)9-5-11(19-7-9)8-1-3-10(15)4-2-8;12-9-3-1-7(2-4-9)10-5-8(6-16-10)11(13)14-15;5-1-3(7)9-4(8)2-6/h1-4,9,11H,5-7H2,(H2,16,17);1-4,8,10,15H,5-6H2,(H2,13,14);1-2H2/t9-,11+;8-,10+;/m00./s1. The predicted molar refractivity (Wildman–Crippen MR) is 171 cm³/mol. The number of nitrogens with two attached hydrogens (primary N) is 2. The Kier molecular flexibility index (Phi) is 17.3. The van der Waals surface area contributed by atoms with Crippen molar-refractivity contribution in [3.8, 4) is 0 Å². The van der Waals surface area contributed by atoms with Crippen LogP contribution in [0.1, 0.15) is 36.2 Å². The maximum atomic E-state index is 10.9. The first kappa shape index (κ1) is 38.3. The van der Waals surface area contributed by atoms with E-state index >= 15 is 0 Å². The maximum Gasteiger partial charge on any atom is 0.349 e. The second-order valence-corrected chi connectivity index (χ2v) is 11.0. The van der Waals surface area contributed by atoms with Crippen LogP contribution in [0.25, 0.3) is 0 Å². The molecule has 2 aliphatic rings. The summed E-state index contributed by atoms with van der Waals surface area (Å²) in [5.74, 6) is -2.73. The number of alkyl halides is 3. The third-order valence-electron chi connectivity index (χ3n) is 6.24. The van der Waals surface area contributed by atoms with Gasteiger partial charge in [-0.25, -0.2) is 4.79 Å². The molecule has 0 unspecified atom stereocenters. The molecular formula is C28H31Cl5N4O8. The molecule has 0 spiro atoms. The van der Waals surface area contributed by atoms with Gasteiger partial charge in [-0.3, -0.25) is 9.59 Å². The fourth-order valence-corrected chi connectivity index (χ4v) is 4.36. The monoisotopic (exact) mass is 726 g/mol. The van der Waals surface area contributed by atoms with Crippen molar-refractivity contribution in [2.24, 2.45) is 33.6 Å². The molecule has 5 N–H and O–H groups in total. The number of halogens is 5. The highest BCUT2D eigenvalue weighted by molar-refractivity contribution is 6.31. The van der Waals surface area contributed by atoms with Gasteiger partial charge in [0.25, 0.3) is 0 Å². The molecule has 4 rings (SSSR count). The molecule has 2 saturated heterocycles. The zero-order valence-corrected chi connectivity index (χ0v) is 27.4. The van der Waals surface area contributed by atoms with E-state index in [-0.39, 0.29) is 53.4 Å². The Balaban J connectivity index is 0.000000253. The van der Waals surface area contributed by atoms with Gasteiger partial charge in [0, 0.05) is 21.9 Å². The molecule has 45 heavy (non-hydrogen) atoms. The molecule has 0 radical (unpaired) electrons. The van der Waals surface area contributed by atoms with E-state index in [2.05, 4.69) is 19.9 Å². The predicted octanol–water partition coefficient (Wildman–Crippen LogP) is 5.17. The number of carbonyl (C=O) groups excluding carboxylic acids is 3. The van der Waals surface area contributed by atoms with E-state index < -0.39 is 17.9 Å². The van der Waals surface area contributed by atoms with Crippen LogP contribution in [0.5, 0.6) is 0 Å². The average molecular weight is 729 g/mol. The molecular weight excluding hydrogens is 698 g/mol. The van der Waals surface area contributed by atoms with Crippen LogP contribution in [0.2, 0.25) is 10.0 Å². The summed E-state index contributed by atoms with van der Waals surface area (Å²) in [6.45, 7) is 0.921. The van der Waals surface area contributed by atoms with E-state index in [0.717, 1.165) is 17.5 Å². The minimum atomic E-state index is -0.776. The summed E-state index contributed by atoms with van der Waals surface area (Å²) in [4.78, 5) is 35.7. The van der Waals surface area contributed by atoms with Gasteiger partial charge in [0.05, 0.1) is 25.4 Å². The van der Waals surface area contributed by atoms with E-state index in [4.69, 9.17) is 84.2 Å². The summed E-state index contributed by atoms with van der Waals surface area (Å²) in [6, 6.07) is 15.0. The molecule has 2 fully saturated rings. The highest BCUT2D eigenvalue weighted by Gasteiger charge is 2.30. The maximum absolute atomic E-state index is 10.9. The molecule has 4 atom stereocenters. The van der Waals surface area contributed by atoms with Crippen LogP contribution in [-0.2, 0) is 33.4 Å². The van der Waals surface area contributed by atoms with E-state index in [9.17, 15) is 14.4 Å². The number of ether oxygens (including phenoxy) is 3. The Morgan fingerprint density at radius 1 is 0.733 bits per heavy atom. The number of hydrogen-bond acceptors (Lipinski definition) is 10. The average Bonchev–Trinajstić information content (AvgIpc) is 3.75. The van der Waals surface area contributed by atoms with Crippen LogP contribution in [0.4, 0.5) is 0 Å². The van der Waals surface area contributed by atoms with Crippen LogP contribution in [0.3, 0.4) is 0 Å². The first-order valence-corrected chi connectivity index (χ1v) is 15.5.